The summed E-state index contributed by atoms with van der Waals surface area (Å²) in [6, 6.07) is 0. The lowest BCUT2D eigenvalue weighted by Crippen LogP contribution is -1.89. The van der Waals surface area contributed by atoms with Crippen molar-refractivity contribution in [2.75, 3.05) is 0 Å². The molecule has 0 aromatic heterocycles. The van der Waals surface area contributed by atoms with Gasteiger partial charge in [-0.15, -0.1) is 0 Å². The molecule has 0 unspecified atom stereocenters. The van der Waals surface area contributed by atoms with Crippen LogP contribution in [0.25, 0.3) is 0 Å². The Morgan fingerprint density at radius 2 is 1.75 bits per heavy atom. The first-order chi connectivity index (χ1) is 5.43. The Hall–Kier alpha value is -0.850. The lowest BCUT2D eigenvalue weighted by Gasteiger charge is -2.03. The molecule has 12 heavy (non-hydrogen) atoms. The second kappa shape index (κ2) is 4.91. The topological polar surface area (TPSA) is 12.4 Å². The molecule has 1 heteroatoms. The largest absolute Gasteiger partial charge is 0.263 e. The molecule has 1 nitrogen and oxygen atoms in total. The van der Waals surface area contributed by atoms with Gasteiger partial charge in [-0.2, -0.15) is 0 Å². The van der Waals surface area contributed by atoms with E-state index in [9.17, 15) is 0 Å². The second-order valence-corrected chi connectivity index (χ2v) is 3.57. The van der Waals surface area contributed by atoms with Crippen LogP contribution in [0.1, 0.15) is 34.6 Å². The van der Waals surface area contributed by atoms with E-state index in [2.05, 4.69) is 25.4 Å². The molecule has 0 radical (unpaired) electrons. The molecule has 0 aromatic carbocycles. The van der Waals surface area contributed by atoms with Crippen molar-refractivity contribution in [2.24, 2.45) is 10.9 Å². The van der Waals surface area contributed by atoms with Crippen molar-refractivity contribution in [3.05, 3.63) is 23.9 Å². The van der Waals surface area contributed by atoms with Crippen LogP contribution in [0, 0.1) is 5.92 Å². The molecule has 0 amide bonds. The minimum atomic E-state index is 0.507. The molecule has 0 aliphatic heterocycles. The molecule has 0 N–H and O–H groups in total. The summed E-state index contributed by atoms with van der Waals surface area (Å²) in [5, 5.41) is 0. The Labute approximate surface area is 75.9 Å². The van der Waals surface area contributed by atoms with E-state index in [1.54, 1.807) is 0 Å². The zero-order valence-corrected chi connectivity index (χ0v) is 8.81. The van der Waals surface area contributed by atoms with Gasteiger partial charge in [-0.3, -0.25) is 4.99 Å². The third-order valence-electron chi connectivity index (χ3n) is 1.54. The number of nitrogens with zero attached hydrogens (tertiary/aromatic N) is 1. The third kappa shape index (κ3) is 4.89. The molecule has 0 fully saturated rings. The molecule has 0 saturated heterocycles. The maximum atomic E-state index is 4.32. The molecule has 0 atom stereocenters. The summed E-state index contributed by atoms with van der Waals surface area (Å²) in [4.78, 5) is 4.32. The highest BCUT2D eigenvalue weighted by Crippen LogP contribution is 2.11. The smallest absolute Gasteiger partial charge is 0.0374 e. The summed E-state index contributed by atoms with van der Waals surface area (Å²) in [6.07, 6.45) is 2.04. The average molecular weight is 165 g/mol. The number of hydrogen-bond acceptors (Lipinski definition) is 1. The van der Waals surface area contributed by atoms with Gasteiger partial charge in [-0.25, -0.2) is 0 Å². The molecular formula is C11H19N. The van der Waals surface area contributed by atoms with E-state index in [1.807, 2.05) is 26.8 Å². The lowest BCUT2D eigenvalue weighted by molar-refractivity contribution is 0.793. The summed E-state index contributed by atoms with van der Waals surface area (Å²) in [5.74, 6) is 0.507. The van der Waals surface area contributed by atoms with Crippen LogP contribution in [-0.4, -0.2) is 5.71 Å². The zero-order chi connectivity index (χ0) is 9.72. The van der Waals surface area contributed by atoms with Crippen molar-refractivity contribution >= 4 is 5.71 Å². The van der Waals surface area contributed by atoms with Crippen LogP contribution in [-0.2, 0) is 0 Å². The van der Waals surface area contributed by atoms with Gasteiger partial charge in [0.05, 0.1) is 0 Å². The Kier molecular flexibility index (Phi) is 4.57. The van der Waals surface area contributed by atoms with Gasteiger partial charge >= 0.3 is 0 Å². The normalized spacial score (nSPS) is 11.7. The highest BCUT2D eigenvalue weighted by atomic mass is 14.7. The van der Waals surface area contributed by atoms with E-state index in [1.165, 1.54) is 0 Å². The van der Waals surface area contributed by atoms with Crippen molar-refractivity contribution in [2.45, 2.75) is 34.6 Å². The van der Waals surface area contributed by atoms with Gasteiger partial charge < -0.3 is 0 Å². The predicted molar refractivity (Wildman–Crippen MR) is 56.5 cm³/mol. The molecular weight excluding hydrogens is 146 g/mol. The summed E-state index contributed by atoms with van der Waals surface area (Å²) in [6.45, 7) is 14.2. The summed E-state index contributed by atoms with van der Waals surface area (Å²) in [5.41, 5.74) is 3.26. The number of aliphatic imine (C=N–C) groups is 1. The van der Waals surface area contributed by atoms with Crippen LogP contribution in [0.15, 0.2) is 28.9 Å². The fraction of sp³-hybridized carbons (Fsp3) is 0.545. The number of rotatable bonds is 3. The van der Waals surface area contributed by atoms with Crippen molar-refractivity contribution in [3.8, 4) is 0 Å². The van der Waals surface area contributed by atoms with Gasteiger partial charge in [0.25, 0.3) is 0 Å². The van der Waals surface area contributed by atoms with Crippen LogP contribution in [0.3, 0.4) is 0 Å². The van der Waals surface area contributed by atoms with E-state index in [0.717, 1.165) is 17.0 Å². The first-order valence-corrected chi connectivity index (χ1v) is 4.32. The van der Waals surface area contributed by atoms with Gasteiger partial charge in [-0.1, -0.05) is 26.0 Å². The van der Waals surface area contributed by atoms with Crippen molar-refractivity contribution in [1.82, 2.24) is 0 Å². The van der Waals surface area contributed by atoms with Gasteiger partial charge in [0.1, 0.15) is 0 Å². The van der Waals surface area contributed by atoms with Crippen molar-refractivity contribution in [3.63, 3.8) is 0 Å². The number of hydrogen-bond donors (Lipinski definition) is 0. The minimum absolute atomic E-state index is 0.507. The first kappa shape index (κ1) is 11.2. The molecule has 0 saturated carbocycles. The fourth-order valence-electron chi connectivity index (χ4n) is 0.820. The van der Waals surface area contributed by atoms with Crippen LogP contribution >= 0.6 is 0 Å². The summed E-state index contributed by atoms with van der Waals surface area (Å²) in [7, 11) is 0. The lowest BCUT2D eigenvalue weighted by atomic mass is 10.0. The Morgan fingerprint density at radius 1 is 1.25 bits per heavy atom. The van der Waals surface area contributed by atoms with E-state index in [0.29, 0.717) is 5.92 Å². The van der Waals surface area contributed by atoms with Gasteiger partial charge in [0, 0.05) is 11.4 Å². The maximum absolute atomic E-state index is 4.32. The maximum Gasteiger partial charge on any atom is 0.0374 e. The molecule has 0 aromatic rings. The SMILES string of the molecule is C=C(/C=C(/C)N=C(C)C)C(C)C. The molecule has 0 spiro atoms. The third-order valence-corrected chi connectivity index (χ3v) is 1.54. The summed E-state index contributed by atoms with van der Waals surface area (Å²) >= 11 is 0. The molecule has 0 bridgehead atoms. The molecule has 0 heterocycles. The first-order valence-electron chi connectivity index (χ1n) is 4.32. The predicted octanol–water partition coefficient (Wildman–Crippen LogP) is 3.58. The van der Waals surface area contributed by atoms with E-state index < -0.39 is 0 Å². The van der Waals surface area contributed by atoms with Gasteiger partial charge in [-0.05, 0) is 32.8 Å². The highest BCUT2D eigenvalue weighted by Gasteiger charge is 1.96. The van der Waals surface area contributed by atoms with Gasteiger partial charge in [0.15, 0.2) is 0 Å². The molecule has 0 aliphatic rings. The van der Waals surface area contributed by atoms with Crippen LogP contribution < -0.4 is 0 Å². The zero-order valence-electron chi connectivity index (χ0n) is 8.81. The highest BCUT2D eigenvalue weighted by molar-refractivity contribution is 5.80. The Balaban J connectivity index is 4.37. The van der Waals surface area contributed by atoms with Crippen LogP contribution in [0.5, 0.6) is 0 Å². The quantitative estimate of drug-likeness (QED) is 0.447. The van der Waals surface area contributed by atoms with Gasteiger partial charge in [0.2, 0.25) is 0 Å². The second-order valence-electron chi connectivity index (χ2n) is 3.57. The summed E-state index contributed by atoms with van der Waals surface area (Å²) < 4.78 is 0. The fourth-order valence-corrected chi connectivity index (χ4v) is 0.820. The van der Waals surface area contributed by atoms with E-state index in [-0.39, 0.29) is 0 Å². The molecule has 0 aliphatic carbocycles. The van der Waals surface area contributed by atoms with Crippen LogP contribution in [0.4, 0.5) is 0 Å². The molecule has 0 rings (SSSR count). The molecule has 68 valence electrons. The van der Waals surface area contributed by atoms with E-state index >= 15 is 0 Å². The monoisotopic (exact) mass is 165 g/mol. The minimum Gasteiger partial charge on any atom is -0.263 e. The van der Waals surface area contributed by atoms with Crippen molar-refractivity contribution < 1.29 is 0 Å². The Morgan fingerprint density at radius 3 is 2.08 bits per heavy atom. The Bertz CT molecular complexity index is 215. The standard InChI is InChI=1S/C11H19N/c1-8(2)10(5)7-11(6)12-9(3)4/h7-8H,5H2,1-4,6H3/b11-7-. The van der Waals surface area contributed by atoms with Crippen molar-refractivity contribution in [1.29, 1.82) is 0 Å². The van der Waals surface area contributed by atoms with E-state index in [4.69, 9.17) is 0 Å². The number of allylic oxidation sites excluding steroid dienone is 3. The average Bonchev–Trinajstić information content (AvgIpc) is 1.84. The van der Waals surface area contributed by atoms with Crippen LogP contribution in [0.2, 0.25) is 0 Å².